The zero-order valence-corrected chi connectivity index (χ0v) is 16.7. The third-order valence-corrected chi connectivity index (χ3v) is 5.66. The number of carbonyl (C=O) groups excluding carboxylic acids is 1. The fourth-order valence-corrected chi connectivity index (χ4v) is 3.95. The molecular formula is C20H22ClFN2O4. The molecule has 1 aromatic rings. The average Bonchev–Trinajstić information content (AvgIpc) is 2.93. The summed E-state index contributed by atoms with van der Waals surface area (Å²) in [5.41, 5.74) is 0.268. The highest BCUT2D eigenvalue weighted by Crippen LogP contribution is 2.71. The molecule has 0 bridgehead atoms. The van der Waals surface area contributed by atoms with Crippen LogP contribution in [0.1, 0.15) is 32.0 Å². The standard InChI is InChI=1S/C20H22ClFN2O4/c1-4-28-17(25)15(22)9-16-19(2,3)20(16,18(26)27)10-13-8-14(11-23)24(12-13)7-5-6-21/h5-6,8-9,12,16H,4,7,10H2,1-3H3,(H,26,27)/b6-5-,15-9?/t16-,20+/m1/s1. The molecule has 0 aliphatic heterocycles. The zero-order chi connectivity index (χ0) is 21.1. The Labute approximate surface area is 167 Å². The topological polar surface area (TPSA) is 92.3 Å². The molecule has 0 aromatic carbocycles. The molecule has 0 amide bonds. The van der Waals surface area contributed by atoms with Gasteiger partial charge in [-0.25, -0.2) is 4.79 Å². The van der Waals surface area contributed by atoms with E-state index < -0.39 is 34.5 Å². The second-order valence-electron chi connectivity index (χ2n) is 7.25. The number of ether oxygens (including phenoxy) is 1. The summed E-state index contributed by atoms with van der Waals surface area (Å²) in [5, 5.41) is 19.2. The minimum absolute atomic E-state index is 0.0272. The van der Waals surface area contributed by atoms with E-state index in [-0.39, 0.29) is 13.0 Å². The average molecular weight is 409 g/mol. The molecule has 1 aliphatic rings. The van der Waals surface area contributed by atoms with E-state index in [1.54, 1.807) is 43.7 Å². The molecule has 6 nitrogen and oxygen atoms in total. The Morgan fingerprint density at radius 2 is 2.18 bits per heavy atom. The number of carbonyl (C=O) groups is 2. The number of nitrogens with zero attached hydrogens (tertiary/aromatic N) is 2. The lowest BCUT2D eigenvalue weighted by Gasteiger charge is -2.14. The Morgan fingerprint density at radius 1 is 1.50 bits per heavy atom. The van der Waals surface area contributed by atoms with E-state index >= 15 is 0 Å². The molecule has 2 rings (SSSR count). The molecule has 1 N–H and O–H groups in total. The number of halogens is 2. The van der Waals surface area contributed by atoms with Crippen LogP contribution in [0.4, 0.5) is 4.39 Å². The highest BCUT2D eigenvalue weighted by atomic mass is 35.5. The number of esters is 1. The SMILES string of the molecule is CCOC(=O)C(F)=C[C@@H]1C(C)(C)[C@]1(Cc1cc(C#N)n(C/C=C\Cl)c1)C(=O)O. The van der Waals surface area contributed by atoms with Crippen molar-refractivity contribution in [2.45, 2.75) is 33.7 Å². The van der Waals surface area contributed by atoms with Gasteiger partial charge in [0.1, 0.15) is 11.8 Å². The molecule has 1 aromatic heterocycles. The van der Waals surface area contributed by atoms with Crippen molar-refractivity contribution >= 4 is 23.5 Å². The van der Waals surface area contributed by atoms with Crippen molar-refractivity contribution in [1.82, 2.24) is 4.57 Å². The lowest BCUT2D eigenvalue weighted by molar-refractivity contribution is -0.145. The van der Waals surface area contributed by atoms with Crippen molar-refractivity contribution in [3.8, 4) is 6.07 Å². The summed E-state index contributed by atoms with van der Waals surface area (Å²) in [6.45, 7) is 5.40. The maximum Gasteiger partial charge on any atom is 0.366 e. The van der Waals surface area contributed by atoms with Crippen molar-refractivity contribution in [2.24, 2.45) is 16.7 Å². The predicted molar refractivity (Wildman–Crippen MR) is 101 cm³/mol. The highest BCUT2D eigenvalue weighted by molar-refractivity contribution is 6.25. The first kappa shape index (κ1) is 21.7. The molecule has 1 fully saturated rings. The molecule has 150 valence electrons. The van der Waals surface area contributed by atoms with E-state index in [4.69, 9.17) is 11.6 Å². The van der Waals surface area contributed by atoms with Gasteiger partial charge in [0.05, 0.1) is 12.0 Å². The number of carboxylic acids is 1. The van der Waals surface area contributed by atoms with Gasteiger partial charge in [-0.15, -0.1) is 0 Å². The van der Waals surface area contributed by atoms with Gasteiger partial charge in [0.25, 0.3) is 0 Å². The van der Waals surface area contributed by atoms with Crippen LogP contribution in [0.3, 0.4) is 0 Å². The van der Waals surface area contributed by atoms with E-state index in [2.05, 4.69) is 10.8 Å². The molecular weight excluding hydrogens is 387 g/mol. The van der Waals surface area contributed by atoms with Crippen LogP contribution in [0.15, 0.2) is 35.8 Å². The molecule has 1 heterocycles. The number of aliphatic carboxylic acids is 1. The van der Waals surface area contributed by atoms with Crippen LogP contribution in [0.2, 0.25) is 0 Å². The van der Waals surface area contributed by atoms with Crippen LogP contribution >= 0.6 is 11.6 Å². The number of hydrogen-bond acceptors (Lipinski definition) is 4. The maximum absolute atomic E-state index is 14.2. The van der Waals surface area contributed by atoms with Gasteiger partial charge in [0.2, 0.25) is 5.83 Å². The Balaban J connectivity index is 2.36. The first-order valence-electron chi connectivity index (χ1n) is 8.77. The third kappa shape index (κ3) is 3.69. The van der Waals surface area contributed by atoms with Crippen molar-refractivity contribution in [3.05, 3.63) is 47.0 Å². The van der Waals surface area contributed by atoms with Crippen LogP contribution in [0.25, 0.3) is 0 Å². The summed E-state index contributed by atoms with van der Waals surface area (Å²) < 4.78 is 20.4. The number of aromatic nitrogens is 1. The van der Waals surface area contributed by atoms with Gasteiger partial charge in [-0.1, -0.05) is 31.5 Å². The molecule has 0 unspecified atom stereocenters. The van der Waals surface area contributed by atoms with Gasteiger partial charge in [0, 0.05) is 24.2 Å². The second-order valence-corrected chi connectivity index (χ2v) is 7.50. The molecule has 1 aliphatic carbocycles. The third-order valence-electron chi connectivity index (χ3n) is 5.48. The number of hydrogen-bond donors (Lipinski definition) is 1. The Morgan fingerprint density at radius 3 is 2.71 bits per heavy atom. The van der Waals surface area contributed by atoms with Crippen LogP contribution in [0.5, 0.6) is 0 Å². The van der Waals surface area contributed by atoms with Crippen LogP contribution in [0, 0.1) is 28.1 Å². The molecule has 28 heavy (non-hydrogen) atoms. The normalized spacial score (nSPS) is 23.4. The van der Waals surface area contributed by atoms with Gasteiger partial charge in [0.15, 0.2) is 0 Å². The summed E-state index contributed by atoms with van der Waals surface area (Å²) in [6, 6.07) is 3.67. The summed E-state index contributed by atoms with van der Waals surface area (Å²) in [5.74, 6) is -3.97. The number of nitriles is 1. The van der Waals surface area contributed by atoms with Crippen molar-refractivity contribution in [2.75, 3.05) is 6.61 Å². The monoisotopic (exact) mass is 408 g/mol. The zero-order valence-electron chi connectivity index (χ0n) is 15.9. The number of allylic oxidation sites excluding steroid dienone is 2. The van der Waals surface area contributed by atoms with Crippen molar-refractivity contribution in [1.29, 1.82) is 5.26 Å². The minimum Gasteiger partial charge on any atom is -0.481 e. The fourth-order valence-electron chi connectivity index (χ4n) is 3.87. The van der Waals surface area contributed by atoms with E-state index in [1.165, 1.54) is 5.54 Å². The van der Waals surface area contributed by atoms with E-state index in [1.807, 2.05) is 0 Å². The van der Waals surface area contributed by atoms with Gasteiger partial charge in [-0.05, 0) is 36.5 Å². The highest BCUT2D eigenvalue weighted by Gasteiger charge is 2.74. The maximum atomic E-state index is 14.2. The quantitative estimate of drug-likeness (QED) is 0.521. The largest absolute Gasteiger partial charge is 0.481 e. The molecule has 0 spiro atoms. The first-order chi connectivity index (χ1) is 13.1. The van der Waals surface area contributed by atoms with Crippen molar-refractivity contribution in [3.63, 3.8) is 0 Å². The lowest BCUT2D eigenvalue weighted by atomic mass is 9.89. The Hall–Kier alpha value is -2.59. The van der Waals surface area contributed by atoms with Crippen molar-refractivity contribution < 1.29 is 23.8 Å². The molecule has 1 saturated carbocycles. The molecule has 0 radical (unpaired) electrons. The van der Waals surface area contributed by atoms with Crippen LogP contribution < -0.4 is 0 Å². The Kier molecular flexibility index (Phi) is 6.35. The van der Waals surface area contributed by atoms with Crippen LogP contribution in [-0.4, -0.2) is 28.2 Å². The first-order valence-corrected chi connectivity index (χ1v) is 9.21. The van der Waals surface area contributed by atoms with Crippen LogP contribution in [-0.2, 0) is 27.3 Å². The van der Waals surface area contributed by atoms with Gasteiger partial charge >= 0.3 is 11.9 Å². The molecule has 0 saturated heterocycles. The molecule has 8 heteroatoms. The second kappa shape index (κ2) is 8.19. The summed E-state index contributed by atoms with van der Waals surface area (Å²) in [7, 11) is 0. The molecule has 2 atom stereocenters. The van der Waals surface area contributed by atoms with Gasteiger partial charge in [-0.2, -0.15) is 9.65 Å². The van der Waals surface area contributed by atoms with Gasteiger partial charge in [-0.3, -0.25) is 4.79 Å². The summed E-state index contributed by atoms with van der Waals surface area (Å²) in [4.78, 5) is 23.7. The van der Waals surface area contributed by atoms with E-state index in [0.29, 0.717) is 17.8 Å². The predicted octanol–water partition coefficient (Wildman–Crippen LogP) is 3.80. The summed E-state index contributed by atoms with van der Waals surface area (Å²) >= 11 is 5.53. The fraction of sp³-hybridized carbons (Fsp3) is 0.450. The number of rotatable bonds is 8. The minimum atomic E-state index is -1.29. The van der Waals surface area contributed by atoms with E-state index in [0.717, 1.165) is 6.08 Å². The smallest absolute Gasteiger partial charge is 0.366 e. The lowest BCUT2D eigenvalue weighted by Crippen LogP contribution is -2.24. The number of carboxylic acid groups (broad SMARTS) is 1. The van der Waals surface area contributed by atoms with Gasteiger partial charge < -0.3 is 14.4 Å². The Bertz CT molecular complexity index is 881. The summed E-state index contributed by atoms with van der Waals surface area (Å²) in [6.07, 6.45) is 4.49. The van der Waals surface area contributed by atoms with E-state index in [9.17, 15) is 24.3 Å².